The van der Waals surface area contributed by atoms with Crippen molar-refractivity contribution < 1.29 is 4.74 Å². The Bertz CT molecular complexity index is 826. The van der Waals surface area contributed by atoms with Gasteiger partial charge in [0, 0.05) is 12.0 Å². The van der Waals surface area contributed by atoms with E-state index in [2.05, 4.69) is 60.7 Å². The van der Waals surface area contributed by atoms with Gasteiger partial charge < -0.3 is 10.5 Å². The van der Waals surface area contributed by atoms with Crippen molar-refractivity contribution >= 4 is 0 Å². The van der Waals surface area contributed by atoms with E-state index in [-0.39, 0.29) is 6.04 Å². The largest absolute Gasteiger partial charge is 0.489 e. The van der Waals surface area contributed by atoms with E-state index in [4.69, 9.17) is 10.5 Å². The van der Waals surface area contributed by atoms with Crippen LogP contribution in [0, 0.1) is 0 Å². The highest BCUT2D eigenvalue weighted by molar-refractivity contribution is 5.39. The van der Waals surface area contributed by atoms with Crippen LogP contribution < -0.4 is 10.5 Å². The molecule has 2 unspecified atom stereocenters. The van der Waals surface area contributed by atoms with Crippen molar-refractivity contribution in [3.63, 3.8) is 0 Å². The Morgan fingerprint density at radius 3 is 2.32 bits per heavy atom. The van der Waals surface area contributed by atoms with Crippen LogP contribution in [0.4, 0.5) is 0 Å². The normalized spacial score (nSPS) is 18.8. The standard InChI is InChI=1S/C23H23NO/c24-23-15-19-8-4-5-9-21(19)22(23)14-17-10-12-20(13-11-17)25-16-18-6-2-1-3-7-18/h1-13,22-23H,14-16,24H2. The van der Waals surface area contributed by atoms with E-state index in [1.165, 1.54) is 22.3 Å². The maximum absolute atomic E-state index is 6.39. The van der Waals surface area contributed by atoms with Gasteiger partial charge in [-0.1, -0.05) is 66.7 Å². The summed E-state index contributed by atoms with van der Waals surface area (Å²) in [7, 11) is 0. The van der Waals surface area contributed by atoms with E-state index < -0.39 is 0 Å². The maximum Gasteiger partial charge on any atom is 0.119 e. The highest BCUT2D eigenvalue weighted by Gasteiger charge is 2.29. The average molecular weight is 329 g/mol. The molecule has 0 spiro atoms. The summed E-state index contributed by atoms with van der Waals surface area (Å²) in [5.74, 6) is 1.32. The molecule has 1 aliphatic rings. The maximum atomic E-state index is 6.39. The van der Waals surface area contributed by atoms with E-state index in [1.54, 1.807) is 0 Å². The lowest BCUT2D eigenvalue weighted by atomic mass is 9.91. The fourth-order valence-corrected chi connectivity index (χ4v) is 3.69. The average Bonchev–Trinajstić information content (AvgIpc) is 2.97. The Balaban J connectivity index is 1.41. The van der Waals surface area contributed by atoms with Crippen molar-refractivity contribution in [1.82, 2.24) is 0 Å². The van der Waals surface area contributed by atoms with E-state index in [1.807, 2.05) is 18.2 Å². The van der Waals surface area contributed by atoms with Gasteiger partial charge in [0.05, 0.1) is 0 Å². The third-order valence-electron chi connectivity index (χ3n) is 5.05. The first kappa shape index (κ1) is 15.9. The molecule has 0 aromatic heterocycles. The zero-order valence-corrected chi connectivity index (χ0v) is 14.3. The lowest BCUT2D eigenvalue weighted by molar-refractivity contribution is 0.306. The molecular weight excluding hydrogens is 306 g/mol. The lowest BCUT2D eigenvalue weighted by Gasteiger charge is -2.17. The number of fused-ring (bicyclic) bond motifs is 1. The smallest absolute Gasteiger partial charge is 0.119 e. The Morgan fingerprint density at radius 1 is 0.800 bits per heavy atom. The minimum atomic E-state index is 0.214. The molecule has 3 aromatic rings. The predicted octanol–water partition coefficient (Wildman–Crippen LogP) is 4.48. The summed E-state index contributed by atoms with van der Waals surface area (Å²) in [6.45, 7) is 0.598. The molecule has 0 fully saturated rings. The quantitative estimate of drug-likeness (QED) is 0.749. The van der Waals surface area contributed by atoms with Crippen LogP contribution in [0.15, 0.2) is 78.9 Å². The van der Waals surface area contributed by atoms with Crippen LogP contribution in [-0.4, -0.2) is 6.04 Å². The van der Waals surface area contributed by atoms with Gasteiger partial charge >= 0.3 is 0 Å². The molecule has 0 heterocycles. The van der Waals surface area contributed by atoms with Gasteiger partial charge in [0.15, 0.2) is 0 Å². The molecule has 1 aliphatic carbocycles. The Hall–Kier alpha value is -2.58. The number of nitrogens with two attached hydrogens (primary N) is 1. The van der Waals surface area contributed by atoms with Gasteiger partial charge in [-0.2, -0.15) is 0 Å². The van der Waals surface area contributed by atoms with Crippen LogP contribution in [-0.2, 0) is 19.4 Å². The van der Waals surface area contributed by atoms with E-state index in [0.29, 0.717) is 12.5 Å². The first-order chi connectivity index (χ1) is 12.3. The molecule has 4 rings (SSSR count). The fourth-order valence-electron chi connectivity index (χ4n) is 3.69. The molecule has 2 heteroatoms. The molecule has 2 nitrogen and oxygen atoms in total. The second-order valence-corrected chi connectivity index (χ2v) is 6.80. The zero-order valence-electron chi connectivity index (χ0n) is 14.3. The van der Waals surface area contributed by atoms with Gasteiger partial charge in [0.2, 0.25) is 0 Å². The van der Waals surface area contributed by atoms with Crippen molar-refractivity contribution in [2.45, 2.75) is 31.4 Å². The fraction of sp³-hybridized carbons (Fsp3) is 0.217. The summed E-state index contributed by atoms with van der Waals surface area (Å²) < 4.78 is 5.87. The second kappa shape index (κ2) is 7.12. The van der Waals surface area contributed by atoms with E-state index >= 15 is 0 Å². The minimum Gasteiger partial charge on any atom is -0.489 e. The number of hydrogen-bond donors (Lipinski definition) is 1. The van der Waals surface area contributed by atoms with Crippen molar-refractivity contribution in [3.8, 4) is 5.75 Å². The molecule has 3 aromatic carbocycles. The van der Waals surface area contributed by atoms with E-state index in [0.717, 1.165) is 18.6 Å². The van der Waals surface area contributed by atoms with Crippen molar-refractivity contribution in [3.05, 3.63) is 101 Å². The van der Waals surface area contributed by atoms with Crippen molar-refractivity contribution in [2.24, 2.45) is 5.73 Å². The Kier molecular flexibility index (Phi) is 4.53. The molecule has 2 N–H and O–H groups in total. The first-order valence-electron chi connectivity index (χ1n) is 8.88. The van der Waals surface area contributed by atoms with E-state index in [9.17, 15) is 0 Å². The molecular formula is C23H23NO. The van der Waals surface area contributed by atoms with Crippen LogP contribution in [0.5, 0.6) is 5.75 Å². The highest BCUT2D eigenvalue weighted by Crippen LogP contribution is 2.34. The van der Waals surface area contributed by atoms with Gasteiger partial charge in [-0.15, -0.1) is 0 Å². The van der Waals surface area contributed by atoms with Crippen LogP contribution >= 0.6 is 0 Å². The Morgan fingerprint density at radius 2 is 1.52 bits per heavy atom. The Labute approximate surface area is 149 Å². The molecule has 0 radical (unpaired) electrons. The van der Waals surface area contributed by atoms with Gasteiger partial charge in [0.25, 0.3) is 0 Å². The van der Waals surface area contributed by atoms with Gasteiger partial charge in [-0.3, -0.25) is 0 Å². The third kappa shape index (κ3) is 3.59. The first-order valence-corrected chi connectivity index (χ1v) is 8.88. The molecule has 0 saturated carbocycles. The molecule has 0 aliphatic heterocycles. The lowest BCUT2D eigenvalue weighted by Crippen LogP contribution is -2.26. The number of hydrogen-bond acceptors (Lipinski definition) is 2. The number of benzene rings is 3. The number of rotatable bonds is 5. The SMILES string of the molecule is NC1Cc2ccccc2C1Cc1ccc(OCc2ccccc2)cc1. The van der Waals surface area contributed by atoms with Crippen LogP contribution in [0.1, 0.15) is 28.2 Å². The molecule has 0 bridgehead atoms. The van der Waals surface area contributed by atoms with Crippen LogP contribution in [0.25, 0.3) is 0 Å². The molecule has 0 saturated heterocycles. The summed E-state index contributed by atoms with van der Waals surface area (Å²) in [6, 6.07) is 27.5. The van der Waals surface area contributed by atoms with Crippen molar-refractivity contribution in [1.29, 1.82) is 0 Å². The second-order valence-electron chi connectivity index (χ2n) is 6.80. The zero-order chi connectivity index (χ0) is 17.1. The molecule has 2 atom stereocenters. The summed E-state index contributed by atoms with van der Waals surface area (Å²) in [4.78, 5) is 0. The molecule has 126 valence electrons. The predicted molar refractivity (Wildman–Crippen MR) is 102 cm³/mol. The summed E-state index contributed by atoms with van der Waals surface area (Å²) in [5.41, 5.74) is 11.7. The summed E-state index contributed by atoms with van der Waals surface area (Å²) in [5, 5.41) is 0. The minimum absolute atomic E-state index is 0.214. The third-order valence-corrected chi connectivity index (χ3v) is 5.05. The van der Waals surface area contributed by atoms with Gasteiger partial charge in [0.1, 0.15) is 12.4 Å². The van der Waals surface area contributed by atoms with Crippen LogP contribution in [0.2, 0.25) is 0 Å². The molecule has 25 heavy (non-hydrogen) atoms. The topological polar surface area (TPSA) is 35.2 Å². The monoisotopic (exact) mass is 329 g/mol. The van der Waals surface area contributed by atoms with Crippen LogP contribution in [0.3, 0.4) is 0 Å². The van der Waals surface area contributed by atoms with Crippen molar-refractivity contribution in [2.75, 3.05) is 0 Å². The summed E-state index contributed by atoms with van der Waals surface area (Å²) in [6.07, 6.45) is 1.97. The van der Waals surface area contributed by atoms with Gasteiger partial charge in [-0.05, 0) is 47.2 Å². The molecule has 0 amide bonds. The number of ether oxygens (including phenoxy) is 1. The highest BCUT2D eigenvalue weighted by atomic mass is 16.5. The van der Waals surface area contributed by atoms with Gasteiger partial charge in [-0.25, -0.2) is 0 Å². The summed E-state index contributed by atoms with van der Waals surface area (Å²) >= 11 is 0.